The van der Waals surface area contributed by atoms with Gasteiger partial charge in [0.05, 0.1) is 5.75 Å². The van der Waals surface area contributed by atoms with Crippen LogP contribution in [0.1, 0.15) is 37.6 Å². The number of aromatic nitrogens is 3. The Morgan fingerprint density at radius 1 is 1.29 bits per heavy atom. The van der Waals surface area contributed by atoms with E-state index in [1.165, 1.54) is 23.3 Å². The first-order chi connectivity index (χ1) is 10.3. The Hall–Kier alpha value is -1.33. The zero-order valence-electron chi connectivity index (χ0n) is 12.5. The molecule has 112 valence electrons. The average molecular weight is 302 g/mol. The fraction of sp³-hybridized carbons (Fsp3) is 0.500. The minimum Gasteiger partial charge on any atom is -0.310 e. The molecule has 4 nitrogen and oxygen atoms in total. The van der Waals surface area contributed by atoms with Crippen LogP contribution in [0.25, 0.3) is 0 Å². The van der Waals surface area contributed by atoms with Gasteiger partial charge in [-0.3, -0.25) is 0 Å². The van der Waals surface area contributed by atoms with E-state index in [0.717, 1.165) is 37.1 Å². The smallest absolute Gasteiger partial charge is 0.138 e. The van der Waals surface area contributed by atoms with Gasteiger partial charge in [0, 0.05) is 24.0 Å². The minimum atomic E-state index is 0.768. The summed E-state index contributed by atoms with van der Waals surface area (Å²) in [5.74, 6) is 1.93. The molecule has 1 N–H and O–H groups in total. The first-order valence-electron chi connectivity index (χ1n) is 7.67. The Bertz CT molecular complexity index is 560. The van der Waals surface area contributed by atoms with Crippen LogP contribution >= 0.6 is 11.8 Å². The summed E-state index contributed by atoms with van der Waals surface area (Å²) in [7, 11) is 0. The summed E-state index contributed by atoms with van der Waals surface area (Å²) < 4.78 is 2.00. The van der Waals surface area contributed by atoms with Crippen LogP contribution in [0.4, 0.5) is 0 Å². The lowest BCUT2D eigenvalue weighted by Crippen LogP contribution is -2.14. The van der Waals surface area contributed by atoms with Gasteiger partial charge in [-0.15, -0.1) is 11.8 Å². The molecule has 1 aliphatic rings. The summed E-state index contributed by atoms with van der Waals surface area (Å²) in [5, 5.41) is 7.80. The van der Waals surface area contributed by atoms with E-state index in [2.05, 4.69) is 46.6 Å². The topological polar surface area (TPSA) is 42.7 Å². The lowest BCUT2D eigenvalue weighted by atomic mass is 10.2. The molecule has 0 atom stereocenters. The summed E-state index contributed by atoms with van der Waals surface area (Å²) in [6, 6.07) is 9.61. The standard InChI is InChI=1S/C16H22N4S/c1-2-9-20-16(18-12-19-20)11-21-15-7-3-13(4-8-15)10-17-14-5-6-14/h3-4,7-8,12,14,17H,2,5-6,9-11H2,1H3. The van der Waals surface area contributed by atoms with E-state index < -0.39 is 0 Å². The third-order valence-electron chi connectivity index (χ3n) is 3.59. The fourth-order valence-electron chi connectivity index (χ4n) is 2.20. The molecule has 2 aromatic rings. The zero-order chi connectivity index (χ0) is 14.5. The van der Waals surface area contributed by atoms with Crippen LogP contribution in [-0.2, 0) is 18.8 Å². The van der Waals surface area contributed by atoms with Crippen molar-refractivity contribution in [3.8, 4) is 0 Å². The Morgan fingerprint density at radius 2 is 2.10 bits per heavy atom. The highest BCUT2D eigenvalue weighted by molar-refractivity contribution is 7.98. The first kappa shape index (κ1) is 14.6. The van der Waals surface area contributed by atoms with Crippen molar-refractivity contribution in [2.75, 3.05) is 0 Å². The zero-order valence-corrected chi connectivity index (χ0v) is 13.3. The number of benzene rings is 1. The molecule has 0 unspecified atom stereocenters. The number of nitrogens with zero attached hydrogens (tertiary/aromatic N) is 3. The van der Waals surface area contributed by atoms with Crippen molar-refractivity contribution in [2.45, 2.75) is 56.0 Å². The monoisotopic (exact) mass is 302 g/mol. The molecule has 0 aliphatic heterocycles. The molecule has 1 aromatic heterocycles. The van der Waals surface area contributed by atoms with Gasteiger partial charge in [-0.05, 0) is 37.0 Å². The number of hydrogen-bond acceptors (Lipinski definition) is 4. The molecule has 21 heavy (non-hydrogen) atoms. The second kappa shape index (κ2) is 7.09. The molecule has 1 aromatic carbocycles. The van der Waals surface area contributed by atoms with Gasteiger partial charge in [0.15, 0.2) is 0 Å². The van der Waals surface area contributed by atoms with Gasteiger partial charge in [0.2, 0.25) is 0 Å². The Morgan fingerprint density at radius 3 is 2.81 bits per heavy atom. The number of nitrogens with one attached hydrogen (secondary N) is 1. The van der Waals surface area contributed by atoms with Crippen LogP contribution in [0.2, 0.25) is 0 Å². The largest absolute Gasteiger partial charge is 0.310 e. The van der Waals surface area contributed by atoms with Gasteiger partial charge >= 0.3 is 0 Å². The van der Waals surface area contributed by atoms with E-state index in [-0.39, 0.29) is 0 Å². The molecular formula is C16H22N4S. The van der Waals surface area contributed by atoms with E-state index in [1.807, 2.05) is 16.4 Å². The van der Waals surface area contributed by atoms with E-state index in [1.54, 1.807) is 6.33 Å². The molecule has 5 heteroatoms. The van der Waals surface area contributed by atoms with Crippen LogP contribution in [-0.4, -0.2) is 20.8 Å². The predicted octanol–water partition coefficient (Wildman–Crippen LogP) is 3.23. The molecule has 0 spiro atoms. The average Bonchev–Trinajstić information content (AvgIpc) is 3.24. The van der Waals surface area contributed by atoms with E-state index in [4.69, 9.17) is 0 Å². The molecule has 0 amide bonds. The van der Waals surface area contributed by atoms with Crippen molar-refractivity contribution in [3.05, 3.63) is 42.0 Å². The van der Waals surface area contributed by atoms with Gasteiger partial charge in [-0.25, -0.2) is 9.67 Å². The molecule has 3 rings (SSSR count). The Kier molecular flexibility index (Phi) is 4.93. The van der Waals surface area contributed by atoms with E-state index in [9.17, 15) is 0 Å². The van der Waals surface area contributed by atoms with Gasteiger partial charge in [0.1, 0.15) is 12.2 Å². The lowest BCUT2D eigenvalue weighted by Gasteiger charge is -2.06. The third kappa shape index (κ3) is 4.32. The van der Waals surface area contributed by atoms with Crippen molar-refractivity contribution in [1.29, 1.82) is 0 Å². The van der Waals surface area contributed by atoms with Crippen LogP contribution in [0, 0.1) is 0 Å². The number of hydrogen-bond donors (Lipinski definition) is 1. The van der Waals surface area contributed by atoms with E-state index in [0.29, 0.717) is 0 Å². The molecule has 1 saturated carbocycles. The predicted molar refractivity (Wildman–Crippen MR) is 86.2 cm³/mol. The van der Waals surface area contributed by atoms with Crippen LogP contribution < -0.4 is 5.32 Å². The van der Waals surface area contributed by atoms with Crippen LogP contribution in [0.3, 0.4) is 0 Å². The molecule has 0 bridgehead atoms. The second-order valence-corrected chi connectivity index (χ2v) is 6.54. The maximum atomic E-state index is 4.34. The van der Waals surface area contributed by atoms with Gasteiger partial charge in [-0.2, -0.15) is 5.10 Å². The van der Waals surface area contributed by atoms with Gasteiger partial charge in [0.25, 0.3) is 0 Å². The van der Waals surface area contributed by atoms with Crippen molar-refractivity contribution in [2.24, 2.45) is 0 Å². The normalized spacial score (nSPS) is 14.5. The molecule has 1 heterocycles. The molecule has 0 radical (unpaired) electrons. The summed E-state index contributed by atoms with van der Waals surface area (Å²) >= 11 is 1.82. The minimum absolute atomic E-state index is 0.768. The van der Waals surface area contributed by atoms with Crippen LogP contribution in [0.15, 0.2) is 35.5 Å². The van der Waals surface area contributed by atoms with Crippen molar-refractivity contribution >= 4 is 11.8 Å². The molecule has 1 aliphatic carbocycles. The number of thioether (sulfide) groups is 1. The highest BCUT2D eigenvalue weighted by Gasteiger charge is 2.19. The summed E-state index contributed by atoms with van der Waals surface area (Å²) in [5.41, 5.74) is 1.36. The second-order valence-electron chi connectivity index (χ2n) is 5.49. The highest BCUT2D eigenvalue weighted by Crippen LogP contribution is 2.23. The van der Waals surface area contributed by atoms with Crippen molar-refractivity contribution < 1.29 is 0 Å². The quantitative estimate of drug-likeness (QED) is 0.760. The fourth-order valence-corrected chi connectivity index (χ4v) is 3.05. The summed E-state index contributed by atoms with van der Waals surface area (Å²) in [6.45, 7) is 4.09. The Balaban J connectivity index is 1.51. The molecule has 0 saturated heterocycles. The number of rotatable bonds is 8. The maximum absolute atomic E-state index is 4.34. The van der Waals surface area contributed by atoms with E-state index >= 15 is 0 Å². The lowest BCUT2D eigenvalue weighted by molar-refractivity contribution is 0.581. The third-order valence-corrected chi connectivity index (χ3v) is 4.60. The van der Waals surface area contributed by atoms with Crippen LogP contribution in [0.5, 0.6) is 0 Å². The maximum Gasteiger partial charge on any atom is 0.138 e. The van der Waals surface area contributed by atoms with Gasteiger partial charge < -0.3 is 5.32 Å². The first-order valence-corrected chi connectivity index (χ1v) is 8.65. The van der Waals surface area contributed by atoms with Crippen molar-refractivity contribution in [1.82, 2.24) is 20.1 Å². The van der Waals surface area contributed by atoms with Gasteiger partial charge in [-0.1, -0.05) is 19.1 Å². The van der Waals surface area contributed by atoms with Crippen molar-refractivity contribution in [3.63, 3.8) is 0 Å². The highest BCUT2D eigenvalue weighted by atomic mass is 32.2. The molecule has 1 fully saturated rings. The summed E-state index contributed by atoms with van der Waals surface area (Å²) in [6.07, 6.45) is 5.42. The Labute approximate surface area is 130 Å². The summed E-state index contributed by atoms with van der Waals surface area (Å²) in [4.78, 5) is 5.63. The SMILES string of the molecule is CCCn1ncnc1CSc1ccc(CNC2CC2)cc1. The number of aryl methyl sites for hydroxylation is 1. The molecular weight excluding hydrogens is 280 g/mol.